The molecule has 0 unspecified atom stereocenters. The van der Waals surface area contributed by atoms with Crippen LogP contribution in [-0.2, 0) is 10.3 Å². The minimum atomic E-state index is -3.02. The molecule has 0 bridgehead atoms. The van der Waals surface area contributed by atoms with Crippen molar-refractivity contribution in [3.8, 4) is 44.5 Å². The lowest BCUT2D eigenvalue weighted by Gasteiger charge is -2.37. The Morgan fingerprint density at radius 2 is 0.560 bits per heavy atom. The largest absolute Gasteiger partial charge is 0.635 e. The minimum Gasteiger partial charge on any atom is -0.402 e. The average Bonchev–Trinajstić information content (AvgIpc) is 3.34. The molecule has 394 valence electrons. The van der Waals surface area contributed by atoms with Gasteiger partial charge in [-0.25, -0.2) is 70.2 Å². The molecule has 0 saturated carbocycles. The van der Waals surface area contributed by atoms with Gasteiger partial charge in [0.1, 0.15) is 5.60 Å². The highest BCUT2D eigenvalue weighted by Crippen LogP contribution is 2.48. The molecule has 0 saturated heterocycles. The van der Waals surface area contributed by atoms with Crippen LogP contribution in [0.4, 0.5) is 70.2 Å². The maximum atomic E-state index is 16.6. The molecule has 0 amide bonds. The van der Waals surface area contributed by atoms with Crippen molar-refractivity contribution in [3.05, 3.63) is 176 Å². The molecule has 7 rings (SSSR count). The van der Waals surface area contributed by atoms with E-state index in [4.69, 9.17) is 4.65 Å². The molecule has 0 fully saturated rings. The molecule has 3 nitrogen and oxygen atoms in total. The van der Waals surface area contributed by atoms with E-state index in [1.165, 1.54) is 52.4 Å². The van der Waals surface area contributed by atoms with Gasteiger partial charge in [0, 0.05) is 20.7 Å². The number of benzene rings is 7. The summed E-state index contributed by atoms with van der Waals surface area (Å²) >= 11 is 0. The zero-order chi connectivity index (χ0) is 55.8. The van der Waals surface area contributed by atoms with Crippen molar-refractivity contribution in [1.82, 2.24) is 0 Å². The van der Waals surface area contributed by atoms with Gasteiger partial charge in [0.15, 0.2) is 93.1 Å². The van der Waals surface area contributed by atoms with E-state index in [-0.39, 0.29) is 0 Å². The van der Waals surface area contributed by atoms with Crippen molar-refractivity contribution in [2.45, 2.75) is 58.0 Å². The summed E-state index contributed by atoms with van der Waals surface area (Å²) in [4.78, 5) is 0. The Morgan fingerprint density at radius 3 is 0.813 bits per heavy atom. The Labute approximate surface area is 425 Å². The standard InChI is InChI=1S/C51H41BF16O3Si4/c1-72(2)47-39(61)31(53)27(32(54)40(47)62)20-9-13-22(14-10-20)51(71-52(69)70,23-15-11-21(12-16-23)28-33(55)41(63)48(73(3)4)42(64)34(28)56)24-17-18-25(29-35(57)43(65)49(74(5)6)44(66)36(29)58)26(19-24)30-37(59)45(67)50(75(7)8)46(68)38(30)60/h9-19,69-70,72-75H,1-8H3. The van der Waals surface area contributed by atoms with Gasteiger partial charge in [-0.2, -0.15) is 0 Å². The second-order valence-corrected chi connectivity index (χ2v) is 30.4. The summed E-state index contributed by atoms with van der Waals surface area (Å²) in [7, 11) is -13.7. The van der Waals surface area contributed by atoms with Gasteiger partial charge in [-0.05, 0) is 45.0 Å². The second kappa shape index (κ2) is 21.3. The predicted molar refractivity (Wildman–Crippen MR) is 266 cm³/mol. The number of halogens is 16. The molecule has 0 aliphatic rings. The van der Waals surface area contributed by atoms with Crippen LogP contribution in [0.25, 0.3) is 44.5 Å². The lowest BCUT2D eigenvalue weighted by molar-refractivity contribution is 0.0816. The van der Waals surface area contributed by atoms with E-state index in [1.807, 2.05) is 0 Å². The van der Waals surface area contributed by atoms with E-state index >= 15 is 70.2 Å². The van der Waals surface area contributed by atoms with Crippen LogP contribution in [0.2, 0.25) is 52.4 Å². The highest BCUT2D eigenvalue weighted by molar-refractivity contribution is 6.72. The quantitative estimate of drug-likeness (QED) is 0.0524. The van der Waals surface area contributed by atoms with E-state index < -0.39 is 223 Å². The first-order valence-electron chi connectivity index (χ1n) is 22.9. The van der Waals surface area contributed by atoms with E-state index in [0.717, 1.165) is 54.6 Å². The predicted octanol–water partition coefficient (Wildman–Crippen LogP) is 10.6. The van der Waals surface area contributed by atoms with E-state index in [0.29, 0.717) is 12.1 Å². The Balaban J connectivity index is 1.63. The van der Waals surface area contributed by atoms with Gasteiger partial charge in [-0.15, -0.1) is 0 Å². The first-order chi connectivity index (χ1) is 35.0. The molecular formula is C51H41BF16O3Si4. The molecular weight excluding hydrogens is 1090 g/mol. The van der Waals surface area contributed by atoms with Gasteiger partial charge in [-0.1, -0.05) is 113 Å². The smallest absolute Gasteiger partial charge is 0.402 e. The van der Waals surface area contributed by atoms with E-state index in [2.05, 4.69) is 0 Å². The summed E-state index contributed by atoms with van der Waals surface area (Å²) in [5, 5.41) is 17.8. The first-order valence-corrected chi connectivity index (χ1v) is 34.4. The third kappa shape index (κ3) is 9.42. The van der Waals surface area contributed by atoms with Crippen LogP contribution in [0.1, 0.15) is 16.7 Å². The average molecular weight is 1130 g/mol. The van der Waals surface area contributed by atoms with Crippen LogP contribution >= 0.6 is 0 Å². The van der Waals surface area contributed by atoms with Crippen LogP contribution in [-0.4, -0.2) is 52.6 Å². The van der Waals surface area contributed by atoms with Crippen molar-refractivity contribution in [3.63, 3.8) is 0 Å². The summed E-state index contributed by atoms with van der Waals surface area (Å²) in [6.45, 7) is 10.8. The lowest BCUT2D eigenvalue weighted by Crippen LogP contribution is -2.39. The fourth-order valence-corrected chi connectivity index (χ4v) is 14.5. The summed E-state index contributed by atoms with van der Waals surface area (Å²) < 4.78 is 260. The lowest BCUT2D eigenvalue weighted by atomic mass is 9.76. The van der Waals surface area contributed by atoms with Gasteiger partial charge in [0.2, 0.25) is 0 Å². The maximum absolute atomic E-state index is 16.6. The summed E-state index contributed by atoms with van der Waals surface area (Å²) in [5.74, 6) is -30.4. The van der Waals surface area contributed by atoms with Gasteiger partial charge in [0.05, 0.1) is 57.4 Å². The molecule has 75 heavy (non-hydrogen) atoms. The SMILES string of the molecule is C[SiH](C)c1c(F)c(F)c(-c2ccc(C(OB(O)O)(c3ccc(-c4c(F)c(F)c([SiH](C)C)c(F)c4F)cc3)c3ccc(-c4c(F)c(F)c([SiH](C)C)c(F)c4F)c(-c4c(F)c(F)c([SiH](C)C)c(F)c4F)c3)cc2)c(F)c1F. The monoisotopic (exact) mass is 1130 g/mol. The fourth-order valence-electron chi connectivity index (χ4n) is 9.40. The molecule has 2 N–H and O–H groups in total. The third-order valence-electron chi connectivity index (χ3n) is 12.9. The number of hydrogen-bond acceptors (Lipinski definition) is 3. The van der Waals surface area contributed by atoms with E-state index in [9.17, 15) is 10.0 Å². The number of hydrogen-bond donors (Lipinski definition) is 2. The van der Waals surface area contributed by atoms with Crippen LogP contribution in [0, 0.1) is 93.1 Å². The van der Waals surface area contributed by atoms with Gasteiger partial charge >= 0.3 is 7.32 Å². The Hall–Kier alpha value is -5.77. The molecule has 0 aliphatic heterocycles. The van der Waals surface area contributed by atoms with Crippen molar-refractivity contribution in [2.24, 2.45) is 0 Å². The van der Waals surface area contributed by atoms with E-state index in [1.54, 1.807) is 0 Å². The highest BCUT2D eigenvalue weighted by atomic mass is 28.3. The molecule has 24 heteroatoms. The van der Waals surface area contributed by atoms with Gasteiger partial charge < -0.3 is 14.7 Å². The van der Waals surface area contributed by atoms with Crippen molar-refractivity contribution in [1.29, 1.82) is 0 Å². The Kier molecular flexibility index (Phi) is 16.2. The summed E-state index contributed by atoms with van der Waals surface area (Å²) in [6.07, 6.45) is 0. The molecule has 7 aromatic rings. The van der Waals surface area contributed by atoms with Crippen molar-refractivity contribution >= 4 is 63.3 Å². The van der Waals surface area contributed by atoms with Gasteiger partial charge in [-0.3, -0.25) is 0 Å². The van der Waals surface area contributed by atoms with Crippen molar-refractivity contribution < 1.29 is 84.9 Å². The van der Waals surface area contributed by atoms with Gasteiger partial charge in [0.25, 0.3) is 0 Å². The molecule has 0 radical (unpaired) electrons. The highest BCUT2D eigenvalue weighted by Gasteiger charge is 2.43. The topological polar surface area (TPSA) is 49.7 Å². The van der Waals surface area contributed by atoms with Crippen LogP contribution in [0.5, 0.6) is 0 Å². The minimum absolute atomic E-state index is 0.486. The zero-order valence-corrected chi connectivity index (χ0v) is 45.2. The molecule has 0 spiro atoms. The maximum Gasteiger partial charge on any atom is 0.635 e. The van der Waals surface area contributed by atoms with Crippen molar-refractivity contribution in [2.75, 3.05) is 0 Å². The Bertz CT molecular complexity index is 3200. The molecule has 0 heterocycles. The third-order valence-corrected chi connectivity index (χ3v) is 19.6. The first kappa shape index (κ1) is 56.9. The van der Waals surface area contributed by atoms with Crippen LogP contribution < -0.4 is 20.7 Å². The van der Waals surface area contributed by atoms with Crippen LogP contribution in [0.15, 0.2) is 66.7 Å². The summed E-state index contributed by atoms with van der Waals surface area (Å²) in [5.41, 5.74) is -14.0. The molecule has 0 atom stereocenters. The molecule has 7 aromatic carbocycles. The molecule has 0 aromatic heterocycles. The fraction of sp³-hybridized carbons (Fsp3) is 0.176. The van der Waals surface area contributed by atoms with Crippen LogP contribution in [0.3, 0.4) is 0 Å². The summed E-state index contributed by atoms with van der Waals surface area (Å²) in [6, 6.07) is 8.72. The molecule has 0 aliphatic carbocycles. The zero-order valence-electron chi connectivity index (χ0n) is 40.6. The Morgan fingerprint density at radius 1 is 0.320 bits per heavy atom. The number of rotatable bonds is 13. The second-order valence-electron chi connectivity index (χ2n) is 18.8. The normalized spacial score (nSPS) is 12.1.